The average molecular weight is 129 g/mol. The third-order valence-corrected chi connectivity index (χ3v) is 1.24. The Kier molecular flexibility index (Phi) is 11.0. The first-order valence-corrected chi connectivity index (χ1v) is 3.82. The summed E-state index contributed by atoms with van der Waals surface area (Å²) in [6, 6.07) is 0. The number of rotatable bonds is 6. The van der Waals surface area contributed by atoms with E-state index >= 15 is 0 Å². The molecule has 0 aliphatic rings. The van der Waals surface area contributed by atoms with E-state index < -0.39 is 0 Å². The molecule has 0 amide bonds. The molecule has 0 nitrogen and oxygen atoms in total. The van der Waals surface area contributed by atoms with E-state index in [0.29, 0.717) is 0 Å². The van der Waals surface area contributed by atoms with Gasteiger partial charge in [0.05, 0.1) is 0 Å². The maximum absolute atomic E-state index is 5.14. The first kappa shape index (κ1) is 11.5. The Morgan fingerprint density at radius 1 is 0.818 bits per heavy atom. The van der Waals surface area contributed by atoms with Crippen LogP contribution in [0.25, 0.3) is 0 Å². The van der Waals surface area contributed by atoms with Gasteiger partial charge in [0, 0.05) is 0 Å². The van der Waals surface area contributed by atoms with Crippen LogP contribution in [0.15, 0.2) is 0 Å². The van der Waals surface area contributed by atoms with Crippen molar-refractivity contribution in [1.82, 2.24) is 0 Å². The van der Waals surface area contributed by atoms with E-state index in [1.807, 2.05) is 13.4 Å². The summed E-state index contributed by atoms with van der Waals surface area (Å²) in [5.41, 5.74) is 0. The first-order chi connectivity index (χ1) is 5.41. The molecule has 0 spiro atoms. The average Bonchev–Trinajstić information content (AvgIpc) is 2.03. The van der Waals surface area contributed by atoms with Crippen molar-refractivity contribution in [3.8, 4) is 0 Å². The zero-order valence-electron chi connectivity index (χ0n) is 6.74. The molecular formula is C3H6B8. The van der Waals surface area contributed by atoms with E-state index in [2.05, 4.69) is 13.6 Å². The second-order valence-corrected chi connectivity index (χ2v) is 2.17. The van der Waals surface area contributed by atoms with Crippen molar-refractivity contribution in [3.63, 3.8) is 0 Å². The van der Waals surface area contributed by atoms with Crippen LogP contribution in [0.2, 0.25) is 12.6 Å². The third-order valence-electron chi connectivity index (χ3n) is 1.24. The Labute approximate surface area is 74.6 Å². The van der Waals surface area contributed by atoms with E-state index in [1.165, 1.54) is 0 Å². The zero-order valence-corrected chi connectivity index (χ0v) is 6.74. The molecular weight excluding hydrogens is 123 g/mol. The van der Waals surface area contributed by atoms with Crippen LogP contribution >= 0.6 is 0 Å². The molecule has 0 unspecified atom stereocenters. The Morgan fingerprint density at radius 2 is 1.27 bits per heavy atom. The van der Waals surface area contributed by atoms with E-state index in [9.17, 15) is 0 Å². The standard InChI is InChI=1S/C3H6B8/c4-8-10-6-2-1-3-7-11-9-5/h1-3H2. The minimum atomic E-state index is 1.07. The molecule has 0 bridgehead atoms. The monoisotopic (exact) mass is 130 g/mol. The fourth-order valence-electron chi connectivity index (χ4n) is 0.703. The normalized spacial score (nSPS) is 7.09. The Balaban J connectivity index is 3.14. The van der Waals surface area contributed by atoms with E-state index in [-0.39, 0.29) is 0 Å². The number of hydrogen-bond acceptors (Lipinski definition) is 0. The van der Waals surface area contributed by atoms with Gasteiger partial charge < -0.3 is 0 Å². The van der Waals surface area contributed by atoms with Gasteiger partial charge in [-0.15, -0.1) is 0 Å². The quantitative estimate of drug-likeness (QED) is 0.295. The molecule has 0 fully saturated rings. The summed E-state index contributed by atoms with van der Waals surface area (Å²) in [4.78, 5) is 0. The summed E-state index contributed by atoms with van der Waals surface area (Å²) in [5.74, 6) is 0. The van der Waals surface area contributed by atoms with Crippen LogP contribution in [-0.4, -0.2) is 55.1 Å². The molecule has 42 valence electrons. The molecule has 0 saturated carbocycles. The zero-order chi connectivity index (χ0) is 8.36. The van der Waals surface area contributed by atoms with Gasteiger partial charge in [0.1, 0.15) is 0 Å². The molecule has 11 heavy (non-hydrogen) atoms. The van der Waals surface area contributed by atoms with Crippen molar-refractivity contribution in [2.24, 2.45) is 0 Å². The second-order valence-electron chi connectivity index (χ2n) is 2.17. The summed E-state index contributed by atoms with van der Waals surface area (Å²) in [6.45, 7) is 10.9. The summed E-state index contributed by atoms with van der Waals surface area (Å²) < 4.78 is 0. The molecule has 0 atom stereocenters. The van der Waals surface area contributed by atoms with Crippen molar-refractivity contribution >= 4 is 55.1 Å². The van der Waals surface area contributed by atoms with Crippen LogP contribution < -0.4 is 0 Å². The van der Waals surface area contributed by atoms with Gasteiger partial charge >= 0.3 is 74.2 Å². The molecule has 0 aromatic rings. The van der Waals surface area contributed by atoms with Crippen LogP contribution in [-0.2, 0) is 0 Å². The predicted octanol–water partition coefficient (Wildman–Crippen LogP) is -1.73. The fourth-order valence-corrected chi connectivity index (χ4v) is 0.703. The van der Waals surface area contributed by atoms with Gasteiger partial charge in [-0.3, -0.25) is 0 Å². The summed E-state index contributed by atoms with van der Waals surface area (Å²) in [5, 5.41) is 0. The van der Waals surface area contributed by atoms with Gasteiger partial charge in [0.15, 0.2) is 0 Å². The van der Waals surface area contributed by atoms with E-state index in [0.717, 1.165) is 19.1 Å². The molecule has 0 N–H and O–H groups in total. The van der Waals surface area contributed by atoms with Gasteiger partial charge in [-0.25, -0.2) is 0 Å². The molecule has 0 saturated heterocycles. The predicted molar refractivity (Wildman–Crippen MR) is 60.3 cm³/mol. The second kappa shape index (κ2) is 10.5. The van der Waals surface area contributed by atoms with Crippen LogP contribution in [0.4, 0.5) is 0 Å². The number of hydrogen-bond donors (Lipinski definition) is 0. The van der Waals surface area contributed by atoms with Crippen LogP contribution in [0.5, 0.6) is 0 Å². The van der Waals surface area contributed by atoms with Gasteiger partial charge in [-0.1, -0.05) is 0 Å². The fraction of sp³-hybridized carbons (Fsp3) is 1.00. The van der Waals surface area contributed by atoms with Crippen LogP contribution in [0, 0.1) is 0 Å². The maximum atomic E-state index is 5.14. The molecule has 0 heterocycles. The van der Waals surface area contributed by atoms with Gasteiger partial charge in [0.2, 0.25) is 0 Å². The topological polar surface area (TPSA) is 0 Å². The van der Waals surface area contributed by atoms with Crippen molar-refractivity contribution in [2.75, 3.05) is 0 Å². The third kappa shape index (κ3) is 10.5. The van der Waals surface area contributed by atoms with E-state index in [4.69, 9.17) is 14.7 Å². The van der Waals surface area contributed by atoms with Crippen molar-refractivity contribution in [3.05, 3.63) is 0 Å². The molecule has 0 aromatic carbocycles. The SMILES string of the molecule is [B]=BB=BCCCB=BB=[B]. The molecule has 0 aliphatic heterocycles. The molecule has 0 aromatic heterocycles. The van der Waals surface area contributed by atoms with Gasteiger partial charge in [-0.2, -0.15) is 0 Å². The van der Waals surface area contributed by atoms with Crippen LogP contribution in [0.3, 0.4) is 0 Å². The summed E-state index contributed by atoms with van der Waals surface area (Å²) in [7, 11) is 10.3. The van der Waals surface area contributed by atoms with Crippen molar-refractivity contribution < 1.29 is 0 Å². The Hall–Kier alpha value is 0.519. The molecule has 8 heteroatoms. The van der Waals surface area contributed by atoms with Crippen molar-refractivity contribution in [1.29, 1.82) is 0 Å². The van der Waals surface area contributed by atoms with Crippen LogP contribution in [0.1, 0.15) is 6.42 Å². The molecule has 0 rings (SSSR count). The molecule has 0 aliphatic carbocycles. The van der Waals surface area contributed by atoms with Gasteiger partial charge in [0.25, 0.3) is 0 Å². The Morgan fingerprint density at radius 3 is 1.64 bits per heavy atom. The van der Waals surface area contributed by atoms with Gasteiger partial charge in [-0.05, 0) is 0 Å². The summed E-state index contributed by atoms with van der Waals surface area (Å²) >= 11 is 0. The Bertz CT molecular complexity index is 141. The van der Waals surface area contributed by atoms with E-state index in [1.54, 1.807) is 13.4 Å². The minimum absolute atomic E-state index is 1.07. The first-order valence-electron chi connectivity index (χ1n) is 3.82. The molecule has 2 radical (unpaired) electrons. The summed E-state index contributed by atoms with van der Waals surface area (Å²) in [6.07, 6.45) is 3.29. The van der Waals surface area contributed by atoms with Crippen molar-refractivity contribution in [2.45, 2.75) is 19.1 Å².